The van der Waals surface area contributed by atoms with Gasteiger partial charge in [0.05, 0.1) is 0 Å². The van der Waals surface area contributed by atoms with E-state index < -0.39 is 7.67 Å². The number of rotatable bonds is 3. The molecule has 0 aliphatic carbocycles. The highest BCUT2D eigenvalue weighted by molar-refractivity contribution is 7.56. The summed E-state index contributed by atoms with van der Waals surface area (Å²) in [6.07, 6.45) is 1.92. The van der Waals surface area contributed by atoms with Crippen LogP contribution < -0.4 is 0 Å². The Labute approximate surface area is 56.2 Å². The van der Waals surface area contributed by atoms with Crippen molar-refractivity contribution in [3.63, 3.8) is 0 Å². The van der Waals surface area contributed by atoms with Gasteiger partial charge in [0.25, 0.3) is 0 Å². The average molecular weight is 162 g/mol. The van der Waals surface area contributed by atoms with Crippen molar-refractivity contribution in [1.82, 2.24) is 0 Å². The highest BCUT2D eigenvalue weighted by Gasteiger charge is 2.18. The normalized spacial score (nSPS) is 14.1. The molecule has 0 rings (SSSR count). The lowest BCUT2D eigenvalue weighted by molar-refractivity contribution is 0.395. The molecule has 0 saturated carbocycles. The minimum Gasteiger partial charge on any atom is -0.297 e. The molecule has 0 unspecified atom stereocenters. The van der Waals surface area contributed by atoms with E-state index in [9.17, 15) is 14.2 Å². The Balaban J connectivity index is 4.72. The highest BCUT2D eigenvalue weighted by Crippen LogP contribution is 2.47. The van der Waals surface area contributed by atoms with Gasteiger partial charge in [-0.1, -0.05) is 9.53 Å². The summed E-state index contributed by atoms with van der Waals surface area (Å²) in [5, 5.41) is 0. The first-order chi connectivity index (χ1) is 4.68. The van der Waals surface area contributed by atoms with Crippen LogP contribution in [0.4, 0.5) is 0 Å². The lowest BCUT2D eigenvalue weighted by atomic mass is 11.7. The zero-order valence-electron chi connectivity index (χ0n) is 4.97. The van der Waals surface area contributed by atoms with Crippen molar-refractivity contribution >= 4 is 19.8 Å². The zero-order valence-corrected chi connectivity index (χ0v) is 5.87. The number of nitrogens with zero attached hydrogens (tertiary/aromatic N) is 2. The molecule has 0 atom stereocenters. The van der Waals surface area contributed by atoms with Gasteiger partial charge in [0.15, 0.2) is 0 Å². The molecular weight excluding hydrogens is 159 g/mol. The maximum absolute atomic E-state index is 10.7. The van der Waals surface area contributed by atoms with Crippen LogP contribution in [0.15, 0.2) is 9.53 Å². The average Bonchev–Trinajstić information content (AvgIpc) is 1.89. The van der Waals surface area contributed by atoms with Crippen molar-refractivity contribution in [2.75, 3.05) is 7.11 Å². The number of carbonyl (C=O) groups excluding carboxylic acids is 2. The minimum absolute atomic E-state index is 0.958. The monoisotopic (exact) mass is 162 g/mol. The molecular formula is C3H3N2O4P. The Kier molecular flexibility index (Phi) is 3.47. The molecule has 0 aromatic carbocycles. The fourth-order valence-corrected chi connectivity index (χ4v) is 0.622. The fourth-order valence-electron chi connectivity index (χ4n) is 0.207. The molecule has 6 nitrogen and oxygen atoms in total. The molecule has 0 heterocycles. The summed E-state index contributed by atoms with van der Waals surface area (Å²) in [5.41, 5.74) is 0. The van der Waals surface area contributed by atoms with Gasteiger partial charge >= 0.3 is 7.67 Å². The smallest absolute Gasteiger partial charge is 0.297 e. The fraction of sp³-hybridized carbons (Fsp3) is 0.333. The molecule has 7 heteroatoms. The Morgan fingerprint density at radius 2 is 1.70 bits per heavy atom. The van der Waals surface area contributed by atoms with Crippen LogP contribution in [0.5, 0.6) is 0 Å². The van der Waals surface area contributed by atoms with E-state index in [1.807, 2.05) is 0 Å². The van der Waals surface area contributed by atoms with Crippen LogP contribution in [0.3, 0.4) is 0 Å². The van der Waals surface area contributed by atoms with Crippen LogP contribution in [0.2, 0.25) is 0 Å². The van der Waals surface area contributed by atoms with E-state index in [1.165, 1.54) is 0 Å². The Bertz CT molecular complexity index is 227. The van der Waals surface area contributed by atoms with Crippen LogP contribution in [0.1, 0.15) is 0 Å². The van der Waals surface area contributed by atoms with E-state index in [0.717, 1.165) is 19.3 Å². The van der Waals surface area contributed by atoms with Crippen LogP contribution in [0.25, 0.3) is 0 Å². The molecule has 0 aromatic heterocycles. The van der Waals surface area contributed by atoms with E-state index in [2.05, 4.69) is 14.0 Å². The van der Waals surface area contributed by atoms with Crippen LogP contribution in [-0.4, -0.2) is 19.3 Å². The van der Waals surface area contributed by atoms with Gasteiger partial charge in [-0.15, -0.1) is 0 Å². The van der Waals surface area contributed by atoms with Gasteiger partial charge in [-0.2, -0.15) is 0 Å². The van der Waals surface area contributed by atoms with Crippen molar-refractivity contribution in [2.45, 2.75) is 0 Å². The standard InChI is InChI=1S/C3H3N2O4P/c1-9-10(8,4-2-6)5-3-7/h1H3. The van der Waals surface area contributed by atoms with Crippen LogP contribution in [0, 0.1) is 0 Å². The lowest BCUT2D eigenvalue weighted by Crippen LogP contribution is -1.75. The van der Waals surface area contributed by atoms with Gasteiger partial charge in [0.1, 0.15) is 0 Å². The van der Waals surface area contributed by atoms with E-state index in [-0.39, 0.29) is 0 Å². The topological polar surface area (TPSA) is 85.2 Å². The molecule has 0 spiro atoms. The summed E-state index contributed by atoms with van der Waals surface area (Å²) in [6, 6.07) is 0. The zero-order chi connectivity index (χ0) is 8.04. The van der Waals surface area contributed by atoms with Gasteiger partial charge in [-0.25, -0.2) is 14.2 Å². The van der Waals surface area contributed by atoms with Crippen LogP contribution in [-0.2, 0) is 18.7 Å². The molecule has 0 radical (unpaired) electrons. The number of hydrogen-bond donors (Lipinski definition) is 0. The van der Waals surface area contributed by atoms with Gasteiger partial charge in [-0.05, 0) is 0 Å². The highest BCUT2D eigenvalue weighted by atomic mass is 31.2. The van der Waals surface area contributed by atoms with Crippen molar-refractivity contribution in [3.05, 3.63) is 0 Å². The molecule has 10 heavy (non-hydrogen) atoms. The van der Waals surface area contributed by atoms with Gasteiger partial charge < -0.3 is 0 Å². The Morgan fingerprint density at radius 3 is 1.90 bits per heavy atom. The molecule has 0 N–H and O–H groups in total. The Morgan fingerprint density at radius 1 is 1.30 bits per heavy atom. The second kappa shape index (κ2) is 3.88. The molecule has 0 fully saturated rings. The SMILES string of the molecule is COP(=O)(N=C=O)N=C=O. The van der Waals surface area contributed by atoms with E-state index in [0.29, 0.717) is 0 Å². The molecule has 0 aliphatic heterocycles. The maximum atomic E-state index is 10.7. The largest absolute Gasteiger partial charge is 0.454 e. The van der Waals surface area contributed by atoms with Crippen molar-refractivity contribution in [3.8, 4) is 0 Å². The van der Waals surface area contributed by atoms with E-state index in [4.69, 9.17) is 0 Å². The van der Waals surface area contributed by atoms with Gasteiger partial charge in [0, 0.05) is 7.11 Å². The summed E-state index contributed by atoms with van der Waals surface area (Å²) in [6.45, 7) is 0. The quantitative estimate of drug-likeness (QED) is 0.341. The summed E-state index contributed by atoms with van der Waals surface area (Å²) < 4.78 is 20.1. The van der Waals surface area contributed by atoms with E-state index >= 15 is 0 Å². The predicted octanol–water partition coefficient (Wildman–Crippen LogP) is 0.412. The number of isocyanates is 2. The van der Waals surface area contributed by atoms with Gasteiger partial charge in [-0.3, -0.25) is 4.52 Å². The predicted molar refractivity (Wildman–Crippen MR) is 30.9 cm³/mol. The molecule has 0 aliphatic rings. The first kappa shape index (κ1) is 8.95. The maximum Gasteiger partial charge on any atom is 0.454 e. The Hall–Kier alpha value is -1.05. The first-order valence-electron chi connectivity index (χ1n) is 2.03. The van der Waals surface area contributed by atoms with Crippen molar-refractivity contribution in [1.29, 1.82) is 0 Å². The van der Waals surface area contributed by atoms with Crippen molar-refractivity contribution in [2.24, 2.45) is 9.53 Å². The second-order valence-corrected chi connectivity index (χ2v) is 2.80. The first-order valence-corrected chi connectivity index (χ1v) is 3.56. The summed E-state index contributed by atoms with van der Waals surface area (Å²) in [4.78, 5) is 19.0. The summed E-state index contributed by atoms with van der Waals surface area (Å²) >= 11 is 0. The third-order valence-electron chi connectivity index (χ3n) is 0.572. The molecule has 54 valence electrons. The van der Waals surface area contributed by atoms with Crippen LogP contribution >= 0.6 is 7.67 Å². The third kappa shape index (κ3) is 2.49. The second-order valence-electron chi connectivity index (χ2n) is 1.06. The molecule has 0 aromatic rings. The molecule has 0 saturated heterocycles. The number of hydrogen-bond acceptors (Lipinski definition) is 4. The third-order valence-corrected chi connectivity index (χ3v) is 1.72. The lowest BCUT2D eigenvalue weighted by Gasteiger charge is -1.95. The molecule has 0 bridgehead atoms. The minimum atomic E-state index is -3.80. The van der Waals surface area contributed by atoms with E-state index in [1.54, 1.807) is 0 Å². The van der Waals surface area contributed by atoms with Crippen molar-refractivity contribution < 1.29 is 18.7 Å². The van der Waals surface area contributed by atoms with Gasteiger partial charge in [0.2, 0.25) is 12.2 Å². The molecule has 0 amide bonds. The summed E-state index contributed by atoms with van der Waals surface area (Å²) in [7, 11) is -2.80. The summed E-state index contributed by atoms with van der Waals surface area (Å²) in [5.74, 6) is 0.